The third kappa shape index (κ3) is 5.31. The molecule has 0 bridgehead atoms. The number of rotatable bonds is 9. The zero-order chi connectivity index (χ0) is 14.8. The predicted octanol–water partition coefficient (Wildman–Crippen LogP) is 1.80. The average Bonchev–Trinajstić information content (AvgIpc) is 2.48. The number of amides is 1. The second-order valence-electron chi connectivity index (χ2n) is 4.93. The highest BCUT2D eigenvalue weighted by atomic mass is 16.2. The number of hydrogen-bond donors (Lipinski definition) is 2. The maximum atomic E-state index is 12.4. The Hall–Kier alpha value is -1.39. The van der Waals surface area contributed by atoms with E-state index in [4.69, 9.17) is 0 Å². The molecule has 1 aromatic rings. The zero-order valence-electron chi connectivity index (χ0n) is 12.9. The van der Waals surface area contributed by atoms with Crippen molar-refractivity contribution in [2.24, 2.45) is 0 Å². The van der Waals surface area contributed by atoms with Crippen LogP contribution in [-0.4, -0.2) is 44.0 Å². The molecule has 1 unspecified atom stereocenters. The van der Waals surface area contributed by atoms with Crippen LogP contribution in [0.2, 0.25) is 0 Å². The Bertz CT molecular complexity index is 381. The van der Waals surface area contributed by atoms with Gasteiger partial charge in [0.1, 0.15) is 6.04 Å². The minimum absolute atomic E-state index is 0.0684. The number of nitrogens with zero attached hydrogens (tertiary/aromatic N) is 1. The van der Waals surface area contributed by atoms with Crippen LogP contribution in [-0.2, 0) is 4.79 Å². The summed E-state index contributed by atoms with van der Waals surface area (Å²) in [6.45, 7) is 7.50. The van der Waals surface area contributed by atoms with E-state index in [1.165, 1.54) is 0 Å². The van der Waals surface area contributed by atoms with Gasteiger partial charge in [0.2, 0.25) is 5.91 Å². The van der Waals surface area contributed by atoms with E-state index in [9.17, 15) is 4.79 Å². The third-order valence-corrected chi connectivity index (χ3v) is 3.33. The lowest BCUT2D eigenvalue weighted by atomic mass is 10.0. The summed E-state index contributed by atoms with van der Waals surface area (Å²) >= 11 is 0. The Kier molecular flexibility index (Phi) is 7.92. The molecule has 1 rings (SSSR count). The molecule has 0 aliphatic heterocycles. The van der Waals surface area contributed by atoms with Gasteiger partial charge in [0.05, 0.1) is 0 Å². The van der Waals surface area contributed by atoms with Crippen LogP contribution >= 0.6 is 0 Å². The van der Waals surface area contributed by atoms with E-state index in [2.05, 4.69) is 29.4 Å². The lowest BCUT2D eigenvalue weighted by Crippen LogP contribution is -2.41. The molecular formula is C16H27N3O. The summed E-state index contributed by atoms with van der Waals surface area (Å²) < 4.78 is 0. The molecule has 0 radical (unpaired) electrons. The quantitative estimate of drug-likeness (QED) is 0.677. The molecular weight excluding hydrogens is 250 g/mol. The van der Waals surface area contributed by atoms with Crippen molar-refractivity contribution in [2.45, 2.75) is 26.3 Å². The molecule has 0 saturated carbocycles. The number of likely N-dealkylation sites (N-methyl/N-ethyl adjacent to an activating group) is 1. The van der Waals surface area contributed by atoms with Crippen molar-refractivity contribution in [2.75, 3.05) is 33.2 Å². The van der Waals surface area contributed by atoms with Crippen molar-refractivity contribution < 1.29 is 4.79 Å². The van der Waals surface area contributed by atoms with Gasteiger partial charge in [-0.3, -0.25) is 9.69 Å². The van der Waals surface area contributed by atoms with Crippen LogP contribution in [0.25, 0.3) is 0 Å². The van der Waals surface area contributed by atoms with Crippen LogP contribution in [0.5, 0.6) is 0 Å². The number of nitrogens with one attached hydrogen (secondary N) is 2. The van der Waals surface area contributed by atoms with Crippen LogP contribution in [0.4, 0.5) is 0 Å². The molecule has 4 heteroatoms. The molecule has 1 aromatic carbocycles. The summed E-state index contributed by atoms with van der Waals surface area (Å²) in [4.78, 5) is 14.5. The minimum Gasteiger partial charge on any atom is -0.353 e. The van der Waals surface area contributed by atoms with Crippen LogP contribution in [0, 0.1) is 0 Å². The van der Waals surface area contributed by atoms with Crippen LogP contribution in [0.3, 0.4) is 0 Å². The maximum Gasteiger partial charge on any atom is 0.241 e. The lowest BCUT2D eigenvalue weighted by Gasteiger charge is -2.26. The first-order chi connectivity index (χ1) is 9.70. The Morgan fingerprint density at radius 1 is 1.15 bits per heavy atom. The van der Waals surface area contributed by atoms with Gasteiger partial charge in [-0.05, 0) is 32.1 Å². The van der Waals surface area contributed by atoms with E-state index in [1.807, 2.05) is 37.4 Å². The molecule has 0 heterocycles. The molecule has 0 aliphatic carbocycles. The van der Waals surface area contributed by atoms with Crippen LogP contribution < -0.4 is 10.6 Å². The van der Waals surface area contributed by atoms with E-state index < -0.39 is 0 Å². The monoisotopic (exact) mass is 277 g/mol. The third-order valence-electron chi connectivity index (χ3n) is 3.33. The Morgan fingerprint density at radius 2 is 1.85 bits per heavy atom. The van der Waals surface area contributed by atoms with Crippen molar-refractivity contribution in [1.82, 2.24) is 15.5 Å². The molecule has 4 nitrogen and oxygen atoms in total. The van der Waals surface area contributed by atoms with Gasteiger partial charge in [-0.15, -0.1) is 0 Å². The first-order valence-corrected chi connectivity index (χ1v) is 7.44. The predicted molar refractivity (Wildman–Crippen MR) is 83.7 cm³/mol. The Labute approximate surface area is 122 Å². The molecule has 1 amide bonds. The molecule has 0 saturated heterocycles. The fourth-order valence-corrected chi connectivity index (χ4v) is 2.10. The Balaban J connectivity index is 2.58. The Morgan fingerprint density at radius 3 is 2.45 bits per heavy atom. The molecule has 1 atom stereocenters. The van der Waals surface area contributed by atoms with Crippen molar-refractivity contribution in [3.8, 4) is 0 Å². The minimum atomic E-state index is -0.215. The average molecular weight is 277 g/mol. The van der Waals surface area contributed by atoms with Gasteiger partial charge in [0.25, 0.3) is 0 Å². The molecule has 0 spiro atoms. The van der Waals surface area contributed by atoms with E-state index in [0.29, 0.717) is 6.54 Å². The largest absolute Gasteiger partial charge is 0.353 e. The fraction of sp³-hybridized carbons (Fsp3) is 0.562. The van der Waals surface area contributed by atoms with Gasteiger partial charge in [0, 0.05) is 13.1 Å². The summed E-state index contributed by atoms with van der Waals surface area (Å²) in [5, 5.41) is 6.30. The van der Waals surface area contributed by atoms with E-state index in [1.54, 1.807) is 0 Å². The number of benzene rings is 1. The second-order valence-corrected chi connectivity index (χ2v) is 4.93. The topological polar surface area (TPSA) is 44.4 Å². The number of carbonyl (C=O) groups is 1. The number of carbonyl (C=O) groups excluding carboxylic acids is 1. The maximum absolute atomic E-state index is 12.4. The first kappa shape index (κ1) is 16.7. The van der Waals surface area contributed by atoms with E-state index in [-0.39, 0.29) is 11.9 Å². The van der Waals surface area contributed by atoms with Gasteiger partial charge in [-0.1, -0.05) is 44.2 Å². The summed E-state index contributed by atoms with van der Waals surface area (Å²) in [7, 11) is 1.98. The van der Waals surface area contributed by atoms with Crippen molar-refractivity contribution >= 4 is 5.91 Å². The van der Waals surface area contributed by atoms with E-state index >= 15 is 0 Å². The highest BCUT2D eigenvalue weighted by molar-refractivity contribution is 5.83. The van der Waals surface area contributed by atoms with Crippen LogP contribution in [0.15, 0.2) is 30.3 Å². The van der Waals surface area contributed by atoms with Gasteiger partial charge in [0.15, 0.2) is 0 Å². The molecule has 112 valence electrons. The van der Waals surface area contributed by atoms with Crippen molar-refractivity contribution in [3.05, 3.63) is 35.9 Å². The molecule has 0 aromatic heterocycles. The normalized spacial score (nSPS) is 12.4. The lowest BCUT2D eigenvalue weighted by molar-refractivity contribution is -0.126. The summed E-state index contributed by atoms with van der Waals surface area (Å²) in [5.41, 5.74) is 1.04. The standard InChI is InChI=1S/C16H27N3O/c1-4-11-17-12-13-18-16(20)15(19(3)5-2)14-9-7-6-8-10-14/h6-10,15,17H,4-5,11-13H2,1-3H3,(H,18,20). The smallest absolute Gasteiger partial charge is 0.241 e. The second kappa shape index (κ2) is 9.50. The SMILES string of the molecule is CCCNCCNC(=O)C(c1ccccc1)N(C)CC. The fourth-order valence-electron chi connectivity index (χ4n) is 2.10. The highest BCUT2D eigenvalue weighted by Crippen LogP contribution is 2.18. The molecule has 0 fully saturated rings. The van der Waals surface area contributed by atoms with Gasteiger partial charge in [-0.25, -0.2) is 0 Å². The van der Waals surface area contributed by atoms with Gasteiger partial charge < -0.3 is 10.6 Å². The van der Waals surface area contributed by atoms with Gasteiger partial charge in [-0.2, -0.15) is 0 Å². The highest BCUT2D eigenvalue weighted by Gasteiger charge is 2.23. The summed E-state index contributed by atoms with van der Waals surface area (Å²) in [5.74, 6) is 0.0684. The van der Waals surface area contributed by atoms with E-state index in [0.717, 1.165) is 31.6 Å². The number of hydrogen-bond acceptors (Lipinski definition) is 3. The summed E-state index contributed by atoms with van der Waals surface area (Å²) in [6, 6.07) is 9.72. The zero-order valence-corrected chi connectivity index (χ0v) is 12.9. The summed E-state index contributed by atoms with van der Waals surface area (Å²) in [6.07, 6.45) is 1.11. The van der Waals surface area contributed by atoms with Crippen molar-refractivity contribution in [1.29, 1.82) is 0 Å². The molecule has 2 N–H and O–H groups in total. The van der Waals surface area contributed by atoms with Crippen LogP contribution in [0.1, 0.15) is 31.9 Å². The van der Waals surface area contributed by atoms with Gasteiger partial charge >= 0.3 is 0 Å². The molecule has 0 aliphatic rings. The first-order valence-electron chi connectivity index (χ1n) is 7.44. The molecule has 20 heavy (non-hydrogen) atoms. The van der Waals surface area contributed by atoms with Crippen molar-refractivity contribution in [3.63, 3.8) is 0 Å².